The summed E-state index contributed by atoms with van der Waals surface area (Å²) in [6, 6.07) is 14.5. The van der Waals surface area contributed by atoms with E-state index in [1.54, 1.807) is 24.3 Å². The maximum absolute atomic E-state index is 11.8. The molecule has 7 heteroatoms. The molecule has 0 aromatic heterocycles. The highest BCUT2D eigenvalue weighted by Crippen LogP contribution is 2.24. The van der Waals surface area contributed by atoms with Crippen LogP contribution in [0.15, 0.2) is 53.6 Å². The molecule has 2 aromatic carbocycles. The lowest BCUT2D eigenvalue weighted by molar-refractivity contribution is -0.123. The Morgan fingerprint density at radius 3 is 2.04 bits per heavy atom. The Morgan fingerprint density at radius 1 is 0.964 bits per heavy atom. The number of benzene rings is 2. The normalized spacial score (nSPS) is 11.2. The predicted molar refractivity (Wildman–Crippen MR) is 108 cm³/mol. The summed E-state index contributed by atoms with van der Waals surface area (Å²) in [5.41, 5.74) is 9.43. The molecule has 0 unspecified atom stereocenters. The van der Waals surface area contributed by atoms with Crippen LogP contribution in [0, 0.1) is 0 Å². The van der Waals surface area contributed by atoms with Crippen LogP contribution >= 0.6 is 0 Å². The van der Waals surface area contributed by atoms with E-state index < -0.39 is 5.91 Å². The standard InChI is InChI=1S/C21H25N3O4/c1-21(2,3)16-6-10-18(11-7-16)28-14-20(26)24-23-12-15-4-8-17(9-5-15)27-13-19(22)25/h4-12H,13-14H2,1-3H3,(H2,22,25)(H,24,26)/b23-12+. The monoisotopic (exact) mass is 383 g/mol. The van der Waals surface area contributed by atoms with Crippen molar-refractivity contribution in [1.82, 2.24) is 5.43 Å². The Hall–Kier alpha value is -3.35. The van der Waals surface area contributed by atoms with Gasteiger partial charge in [0.1, 0.15) is 11.5 Å². The zero-order valence-corrected chi connectivity index (χ0v) is 16.3. The maximum Gasteiger partial charge on any atom is 0.277 e. The van der Waals surface area contributed by atoms with Crippen LogP contribution in [-0.4, -0.2) is 31.2 Å². The zero-order valence-electron chi connectivity index (χ0n) is 16.3. The zero-order chi connectivity index (χ0) is 20.6. The minimum Gasteiger partial charge on any atom is -0.484 e. The molecule has 0 radical (unpaired) electrons. The van der Waals surface area contributed by atoms with Gasteiger partial charge in [0.15, 0.2) is 13.2 Å². The highest BCUT2D eigenvalue weighted by Gasteiger charge is 2.13. The van der Waals surface area contributed by atoms with E-state index in [1.165, 1.54) is 11.8 Å². The Labute approximate surface area is 164 Å². The van der Waals surface area contributed by atoms with E-state index in [9.17, 15) is 9.59 Å². The van der Waals surface area contributed by atoms with Gasteiger partial charge in [-0.05, 0) is 52.9 Å². The molecule has 0 fully saturated rings. The second-order valence-electron chi connectivity index (χ2n) is 7.18. The first-order valence-corrected chi connectivity index (χ1v) is 8.80. The summed E-state index contributed by atoms with van der Waals surface area (Å²) in [4.78, 5) is 22.5. The van der Waals surface area contributed by atoms with Crippen molar-refractivity contribution >= 4 is 18.0 Å². The van der Waals surface area contributed by atoms with E-state index >= 15 is 0 Å². The van der Waals surface area contributed by atoms with Crippen LogP contribution in [-0.2, 0) is 15.0 Å². The van der Waals surface area contributed by atoms with Gasteiger partial charge in [-0.3, -0.25) is 9.59 Å². The molecule has 3 N–H and O–H groups in total. The molecular weight excluding hydrogens is 358 g/mol. The molecule has 28 heavy (non-hydrogen) atoms. The first kappa shape index (κ1) is 21.0. The molecule has 2 aromatic rings. The van der Waals surface area contributed by atoms with Crippen LogP contribution in [0.5, 0.6) is 11.5 Å². The molecule has 0 aliphatic heterocycles. The van der Waals surface area contributed by atoms with Gasteiger partial charge in [0, 0.05) is 0 Å². The summed E-state index contributed by atoms with van der Waals surface area (Å²) >= 11 is 0. The number of hydrogen-bond acceptors (Lipinski definition) is 5. The molecule has 0 saturated carbocycles. The van der Waals surface area contributed by atoms with Gasteiger partial charge in [-0.15, -0.1) is 0 Å². The number of nitrogens with zero attached hydrogens (tertiary/aromatic N) is 1. The van der Waals surface area contributed by atoms with Crippen molar-refractivity contribution in [3.05, 3.63) is 59.7 Å². The number of amides is 2. The molecule has 7 nitrogen and oxygen atoms in total. The van der Waals surface area contributed by atoms with E-state index in [4.69, 9.17) is 15.2 Å². The number of nitrogens with one attached hydrogen (secondary N) is 1. The number of carbonyl (C=O) groups is 2. The number of carbonyl (C=O) groups excluding carboxylic acids is 2. The third kappa shape index (κ3) is 7.11. The van der Waals surface area contributed by atoms with E-state index in [2.05, 4.69) is 31.3 Å². The van der Waals surface area contributed by atoms with E-state index in [0.717, 1.165) is 5.56 Å². The lowest BCUT2D eigenvalue weighted by atomic mass is 9.87. The number of primary amides is 1. The lowest BCUT2D eigenvalue weighted by Gasteiger charge is -2.19. The topological polar surface area (TPSA) is 103 Å². The highest BCUT2D eigenvalue weighted by molar-refractivity contribution is 5.83. The van der Waals surface area contributed by atoms with Gasteiger partial charge in [0.05, 0.1) is 6.21 Å². The molecule has 148 valence electrons. The van der Waals surface area contributed by atoms with Gasteiger partial charge < -0.3 is 15.2 Å². The molecule has 0 bridgehead atoms. The van der Waals surface area contributed by atoms with Gasteiger partial charge in [0.2, 0.25) is 0 Å². The second kappa shape index (κ2) is 9.55. The number of hydrazone groups is 1. The molecule has 0 atom stereocenters. The number of nitrogens with two attached hydrogens (primary N) is 1. The van der Waals surface area contributed by atoms with Crippen LogP contribution in [0.2, 0.25) is 0 Å². The van der Waals surface area contributed by atoms with Crippen LogP contribution in [0.1, 0.15) is 31.9 Å². The fourth-order valence-corrected chi connectivity index (χ4v) is 2.22. The average Bonchev–Trinajstić information content (AvgIpc) is 2.65. The van der Waals surface area contributed by atoms with Crippen molar-refractivity contribution in [1.29, 1.82) is 0 Å². The largest absolute Gasteiger partial charge is 0.484 e. The van der Waals surface area contributed by atoms with Gasteiger partial charge in [0.25, 0.3) is 11.8 Å². The van der Waals surface area contributed by atoms with Gasteiger partial charge in [-0.1, -0.05) is 32.9 Å². The van der Waals surface area contributed by atoms with Crippen molar-refractivity contribution in [2.45, 2.75) is 26.2 Å². The molecule has 0 heterocycles. The fourth-order valence-electron chi connectivity index (χ4n) is 2.22. The first-order valence-electron chi connectivity index (χ1n) is 8.80. The summed E-state index contributed by atoms with van der Waals surface area (Å²) in [6.45, 7) is 6.09. The van der Waals surface area contributed by atoms with E-state index in [1.807, 2.05) is 24.3 Å². The molecule has 0 aliphatic rings. The summed E-state index contributed by atoms with van der Waals surface area (Å²) in [6.07, 6.45) is 1.49. The quantitative estimate of drug-likeness (QED) is 0.539. The Bertz CT molecular complexity index is 822. The fraction of sp³-hybridized carbons (Fsp3) is 0.286. The van der Waals surface area contributed by atoms with Crippen LogP contribution in [0.25, 0.3) is 0 Å². The number of ether oxygens (including phenoxy) is 2. The molecule has 2 amide bonds. The maximum atomic E-state index is 11.8. The number of hydrogen-bond donors (Lipinski definition) is 2. The SMILES string of the molecule is CC(C)(C)c1ccc(OCC(=O)N/N=C/c2ccc(OCC(N)=O)cc2)cc1. The van der Waals surface area contributed by atoms with Crippen LogP contribution in [0.4, 0.5) is 0 Å². The second-order valence-corrected chi connectivity index (χ2v) is 7.18. The molecule has 0 spiro atoms. The minimum absolute atomic E-state index is 0.0663. The summed E-state index contributed by atoms with van der Waals surface area (Å²) in [5, 5.41) is 3.88. The van der Waals surface area contributed by atoms with Crippen molar-refractivity contribution in [2.75, 3.05) is 13.2 Å². The first-order chi connectivity index (χ1) is 13.2. The molecular formula is C21H25N3O4. The Balaban J connectivity index is 1.76. The van der Waals surface area contributed by atoms with Crippen molar-refractivity contribution in [3.63, 3.8) is 0 Å². The molecule has 0 saturated heterocycles. The average molecular weight is 383 g/mol. The third-order valence-corrected chi connectivity index (χ3v) is 3.75. The molecule has 0 aliphatic carbocycles. The van der Waals surface area contributed by atoms with E-state index in [-0.39, 0.29) is 24.5 Å². The van der Waals surface area contributed by atoms with E-state index in [0.29, 0.717) is 11.5 Å². The van der Waals surface area contributed by atoms with Gasteiger partial charge in [-0.2, -0.15) is 5.10 Å². The van der Waals surface area contributed by atoms with Gasteiger partial charge >= 0.3 is 0 Å². The van der Waals surface area contributed by atoms with Crippen molar-refractivity contribution in [3.8, 4) is 11.5 Å². The van der Waals surface area contributed by atoms with Crippen molar-refractivity contribution in [2.24, 2.45) is 10.8 Å². The number of rotatable bonds is 8. The Kier molecular flexibility index (Phi) is 7.14. The van der Waals surface area contributed by atoms with Crippen molar-refractivity contribution < 1.29 is 19.1 Å². The Morgan fingerprint density at radius 2 is 1.50 bits per heavy atom. The lowest BCUT2D eigenvalue weighted by Crippen LogP contribution is -2.24. The van der Waals surface area contributed by atoms with Crippen LogP contribution in [0.3, 0.4) is 0 Å². The summed E-state index contributed by atoms with van der Waals surface area (Å²) in [5.74, 6) is 0.239. The highest BCUT2D eigenvalue weighted by atomic mass is 16.5. The van der Waals surface area contributed by atoms with Gasteiger partial charge in [-0.25, -0.2) is 5.43 Å². The minimum atomic E-state index is -0.541. The third-order valence-electron chi connectivity index (χ3n) is 3.75. The molecule has 2 rings (SSSR count). The van der Waals surface area contributed by atoms with Crippen LogP contribution < -0.4 is 20.6 Å². The summed E-state index contributed by atoms with van der Waals surface area (Å²) < 4.78 is 10.6. The predicted octanol–water partition coefficient (Wildman–Crippen LogP) is 2.38. The smallest absolute Gasteiger partial charge is 0.277 e. The summed E-state index contributed by atoms with van der Waals surface area (Å²) in [7, 11) is 0.